The first-order valence-electron chi connectivity index (χ1n) is 14.6. The predicted octanol–water partition coefficient (Wildman–Crippen LogP) is 3.86. The van der Waals surface area contributed by atoms with Gasteiger partial charge in [0.1, 0.15) is 6.61 Å². The summed E-state index contributed by atoms with van der Waals surface area (Å²) in [7, 11) is -2.82. The van der Waals surface area contributed by atoms with Crippen molar-refractivity contribution in [1.29, 1.82) is 0 Å². The number of carbonyl (C=O) groups is 2. The molecule has 3 aliphatic heterocycles. The Morgan fingerprint density at radius 1 is 1.16 bits per heavy atom. The van der Waals surface area contributed by atoms with Gasteiger partial charge in [-0.2, -0.15) is 0 Å². The minimum absolute atomic E-state index is 0.00531. The lowest BCUT2D eigenvalue weighted by atomic mass is 9.82. The van der Waals surface area contributed by atoms with Crippen molar-refractivity contribution in [3.8, 4) is 0 Å². The summed E-state index contributed by atoms with van der Waals surface area (Å²) >= 11 is 6.51. The maximum Gasteiger partial charge on any atom is 0.414 e. The zero-order valence-electron chi connectivity index (χ0n) is 24.4. The summed E-state index contributed by atoms with van der Waals surface area (Å²) < 4.78 is 13.6. The first-order chi connectivity index (χ1) is 20.5. The highest BCUT2D eigenvalue weighted by molar-refractivity contribution is 6.71. The van der Waals surface area contributed by atoms with Crippen LogP contribution in [0.4, 0.5) is 16.2 Å². The number of hydrogen-bond acceptors (Lipinski definition) is 8. The minimum Gasteiger partial charge on any atom is -0.447 e. The van der Waals surface area contributed by atoms with Gasteiger partial charge in [-0.3, -0.25) is 14.4 Å². The van der Waals surface area contributed by atoms with Crippen LogP contribution in [0.3, 0.4) is 0 Å². The first-order valence-corrected chi connectivity index (χ1v) is 18.0. The van der Waals surface area contributed by atoms with E-state index in [0.29, 0.717) is 55.4 Å². The Hall–Kier alpha value is -3.29. The minimum atomic E-state index is -2.82. The molecule has 2 aromatic carbocycles. The number of ether oxygens (including phenoxy) is 2. The molecule has 2 saturated heterocycles. The van der Waals surface area contributed by atoms with Gasteiger partial charge >= 0.3 is 6.09 Å². The third-order valence-corrected chi connectivity index (χ3v) is 11.6. The Morgan fingerprint density at radius 2 is 1.93 bits per heavy atom. The number of hydrogen-bond donors (Lipinski definition) is 2. The number of aliphatic hydroxyl groups is 1. The molecule has 6 rings (SSSR count). The number of cyclic esters (lactones) is 1. The Morgan fingerprint density at radius 3 is 2.60 bits per heavy atom. The fourth-order valence-electron chi connectivity index (χ4n) is 7.00. The van der Waals surface area contributed by atoms with Gasteiger partial charge in [0.25, 0.3) is 5.91 Å². The number of aryl methyl sites for hydroxylation is 1. The lowest BCUT2D eigenvalue weighted by molar-refractivity contribution is -0.146. The van der Waals surface area contributed by atoms with Gasteiger partial charge in [0.2, 0.25) is 0 Å². The van der Waals surface area contributed by atoms with Crippen LogP contribution in [0.2, 0.25) is 23.7 Å². The Kier molecular flexibility index (Phi) is 7.84. The first kappa shape index (κ1) is 29.8. The van der Waals surface area contributed by atoms with Crippen molar-refractivity contribution >= 4 is 43.3 Å². The smallest absolute Gasteiger partial charge is 0.414 e. The number of anilines is 2. The molecule has 228 valence electrons. The van der Waals surface area contributed by atoms with Crippen LogP contribution in [0, 0.1) is 5.92 Å². The molecule has 2 amide bonds. The number of amides is 2. The van der Waals surface area contributed by atoms with E-state index in [2.05, 4.69) is 10.3 Å². The van der Waals surface area contributed by atoms with E-state index < -0.39 is 20.0 Å². The molecule has 3 aliphatic rings. The predicted molar refractivity (Wildman–Crippen MR) is 162 cm³/mol. The fraction of sp³-hybridized carbons (Fsp3) is 0.467. The zero-order valence-corrected chi connectivity index (χ0v) is 26.2. The van der Waals surface area contributed by atoms with Crippen LogP contribution in [0.1, 0.15) is 30.2 Å². The highest BCUT2D eigenvalue weighted by Gasteiger charge is 2.66. The summed E-state index contributed by atoms with van der Waals surface area (Å²) in [5.74, 6) is -0.496. The van der Waals surface area contributed by atoms with Gasteiger partial charge in [0.15, 0.2) is 13.9 Å². The third-order valence-electron chi connectivity index (χ3n) is 8.89. The monoisotopic (exact) mass is 625 g/mol. The molecule has 3 aromatic rings. The van der Waals surface area contributed by atoms with Crippen LogP contribution in [-0.4, -0.2) is 71.1 Å². The van der Waals surface area contributed by atoms with Gasteiger partial charge in [0.05, 0.1) is 30.6 Å². The van der Waals surface area contributed by atoms with E-state index in [4.69, 9.17) is 21.1 Å². The Labute approximate surface area is 256 Å². The van der Waals surface area contributed by atoms with E-state index in [9.17, 15) is 19.5 Å². The number of benzene rings is 2. The van der Waals surface area contributed by atoms with Crippen molar-refractivity contribution in [2.24, 2.45) is 5.92 Å². The van der Waals surface area contributed by atoms with Crippen LogP contribution in [0.5, 0.6) is 0 Å². The zero-order chi connectivity index (χ0) is 30.5. The molecule has 2 fully saturated rings. The standard InChI is InChI=1S/C30H36ClN5O6Si/c1-19-27(43(2,3)40)26(10-12-34-18-22(11-14-37)32-33-34)42-30(19)24-16-21(31)6-9-25(24)36(28(30)38)17-20-4-7-23(8-5-20)35-13-15-41-29(35)39/h4-9,16,18-19,26-27,37,40H,10-15,17H2,1-3H3/t19-,26+,27-,30+/m1/s1. The molecular weight excluding hydrogens is 590 g/mol. The average molecular weight is 626 g/mol. The van der Waals surface area contributed by atoms with E-state index in [1.54, 1.807) is 26.7 Å². The molecule has 0 aliphatic carbocycles. The highest BCUT2D eigenvalue weighted by Crippen LogP contribution is 2.60. The SMILES string of the molecule is C[C@@H]1[C@@H]([Si](C)(C)O)[C@H](CCn2cc(CCO)nn2)O[C@@]12C(=O)N(Cc1ccc(N3CCOC3=O)cc1)c1ccc(Cl)cc12. The van der Waals surface area contributed by atoms with E-state index >= 15 is 0 Å². The average Bonchev–Trinajstić information content (AvgIpc) is 3.71. The molecule has 0 radical (unpaired) electrons. The number of halogens is 1. The lowest BCUT2D eigenvalue weighted by Crippen LogP contribution is -2.46. The second kappa shape index (κ2) is 11.3. The molecular formula is C30H36ClN5O6Si. The molecule has 0 bridgehead atoms. The van der Waals surface area contributed by atoms with Crippen LogP contribution in [0.15, 0.2) is 48.7 Å². The van der Waals surface area contributed by atoms with E-state index in [1.165, 1.54) is 0 Å². The van der Waals surface area contributed by atoms with E-state index in [1.807, 2.05) is 56.4 Å². The Balaban J connectivity index is 1.30. The van der Waals surface area contributed by atoms with E-state index in [0.717, 1.165) is 16.9 Å². The van der Waals surface area contributed by atoms with E-state index in [-0.39, 0.29) is 30.1 Å². The fourth-order valence-corrected chi connectivity index (χ4v) is 9.78. The van der Waals surface area contributed by atoms with Crippen molar-refractivity contribution in [2.45, 2.75) is 63.2 Å². The summed E-state index contributed by atoms with van der Waals surface area (Å²) in [5, 5.41) is 18.0. The third kappa shape index (κ3) is 5.25. The topological polar surface area (TPSA) is 130 Å². The molecule has 43 heavy (non-hydrogen) atoms. The molecule has 13 heteroatoms. The van der Waals surface area contributed by atoms with Crippen molar-refractivity contribution in [3.63, 3.8) is 0 Å². The molecule has 4 heterocycles. The van der Waals surface area contributed by atoms with Crippen molar-refractivity contribution in [2.75, 3.05) is 29.6 Å². The normalized spacial score (nSPS) is 25.2. The summed E-state index contributed by atoms with van der Waals surface area (Å²) in [6.45, 7) is 7.44. The maximum absolute atomic E-state index is 14.6. The van der Waals surface area contributed by atoms with Crippen LogP contribution < -0.4 is 9.80 Å². The molecule has 1 spiro atoms. The number of aliphatic hydroxyl groups excluding tert-OH is 1. The lowest BCUT2D eigenvalue weighted by Gasteiger charge is -2.32. The molecule has 4 atom stereocenters. The van der Waals surface area contributed by atoms with Crippen molar-refractivity contribution < 1.29 is 29.0 Å². The number of rotatable bonds is 9. The largest absolute Gasteiger partial charge is 0.447 e. The van der Waals surface area contributed by atoms with Crippen LogP contribution in [0.25, 0.3) is 0 Å². The number of nitrogens with zero attached hydrogens (tertiary/aromatic N) is 5. The Bertz CT molecular complexity index is 1530. The number of aromatic nitrogens is 3. The van der Waals surface area contributed by atoms with Crippen molar-refractivity contribution in [1.82, 2.24) is 15.0 Å². The second-order valence-electron chi connectivity index (χ2n) is 12.1. The summed E-state index contributed by atoms with van der Waals surface area (Å²) in [6, 6.07) is 13.0. The molecule has 11 nitrogen and oxygen atoms in total. The number of carbonyl (C=O) groups excluding carboxylic acids is 2. The molecule has 2 N–H and O–H groups in total. The highest BCUT2D eigenvalue weighted by atomic mass is 35.5. The van der Waals surface area contributed by atoms with Crippen LogP contribution >= 0.6 is 11.6 Å². The van der Waals surface area contributed by atoms with Crippen molar-refractivity contribution in [3.05, 3.63) is 70.5 Å². The van der Waals surface area contributed by atoms with Gasteiger partial charge in [-0.25, -0.2) is 4.79 Å². The summed E-state index contributed by atoms with van der Waals surface area (Å²) in [4.78, 5) is 41.4. The van der Waals surface area contributed by atoms with Gasteiger partial charge < -0.3 is 24.3 Å². The van der Waals surface area contributed by atoms with Gasteiger partial charge in [-0.05, 0) is 55.4 Å². The van der Waals surface area contributed by atoms with Gasteiger partial charge in [0, 0.05) is 53.5 Å². The van der Waals surface area contributed by atoms with Crippen LogP contribution in [-0.2, 0) is 39.4 Å². The maximum atomic E-state index is 14.6. The molecule has 1 aromatic heterocycles. The summed E-state index contributed by atoms with van der Waals surface area (Å²) in [5.41, 5.74) is 2.25. The number of fused-ring (bicyclic) bond motifs is 2. The van der Waals surface area contributed by atoms with Gasteiger partial charge in [-0.15, -0.1) is 5.10 Å². The summed E-state index contributed by atoms with van der Waals surface area (Å²) in [6.07, 6.45) is 1.99. The van der Waals surface area contributed by atoms with Gasteiger partial charge in [-0.1, -0.05) is 35.9 Å². The molecule has 0 saturated carbocycles. The second-order valence-corrected chi connectivity index (χ2v) is 16.5. The molecule has 0 unspecified atom stereocenters. The quantitative estimate of drug-likeness (QED) is 0.343.